The van der Waals surface area contributed by atoms with E-state index < -0.39 is 0 Å². The molecule has 0 unspecified atom stereocenters. The topological polar surface area (TPSA) is 38.5 Å². The summed E-state index contributed by atoms with van der Waals surface area (Å²) in [5.41, 5.74) is 7.63. The predicted octanol–water partition coefficient (Wildman–Crippen LogP) is 2.98. The van der Waals surface area contributed by atoms with Gasteiger partial charge in [-0.2, -0.15) is 0 Å². The average Bonchev–Trinajstić information content (AvgIpc) is 2.81. The zero-order chi connectivity index (χ0) is 12.3. The van der Waals surface area contributed by atoms with Crippen molar-refractivity contribution >= 4 is 22.7 Å². The standard InChI is InChI=1S/C13H16N2OS/c1-15(9-13-4-3-5-17-13)11-6-10(14)7-12(8-11)16-2/h3-8H,9,14H2,1-2H3. The molecule has 0 amide bonds. The maximum Gasteiger partial charge on any atom is 0.122 e. The summed E-state index contributed by atoms with van der Waals surface area (Å²) in [6.45, 7) is 0.879. The molecule has 0 saturated heterocycles. The van der Waals surface area contributed by atoms with E-state index in [0.717, 1.165) is 23.7 Å². The minimum absolute atomic E-state index is 0.720. The number of rotatable bonds is 4. The smallest absolute Gasteiger partial charge is 0.122 e. The van der Waals surface area contributed by atoms with Gasteiger partial charge < -0.3 is 15.4 Å². The molecule has 17 heavy (non-hydrogen) atoms. The minimum atomic E-state index is 0.720. The van der Waals surface area contributed by atoms with Gasteiger partial charge >= 0.3 is 0 Å². The first kappa shape index (κ1) is 11.8. The van der Waals surface area contributed by atoms with Crippen molar-refractivity contribution in [2.24, 2.45) is 0 Å². The highest BCUT2D eigenvalue weighted by molar-refractivity contribution is 7.09. The van der Waals surface area contributed by atoms with Crippen molar-refractivity contribution in [2.45, 2.75) is 6.54 Å². The van der Waals surface area contributed by atoms with Crippen LogP contribution in [0.4, 0.5) is 11.4 Å². The van der Waals surface area contributed by atoms with E-state index in [2.05, 4.69) is 22.4 Å². The van der Waals surface area contributed by atoms with E-state index in [9.17, 15) is 0 Å². The number of nitrogens with zero attached hydrogens (tertiary/aromatic N) is 1. The van der Waals surface area contributed by atoms with Crippen LogP contribution in [0, 0.1) is 0 Å². The van der Waals surface area contributed by atoms with Crippen LogP contribution in [0.25, 0.3) is 0 Å². The van der Waals surface area contributed by atoms with Crippen LogP contribution in [0.15, 0.2) is 35.7 Å². The Morgan fingerprint density at radius 2 is 2.18 bits per heavy atom. The van der Waals surface area contributed by atoms with E-state index in [1.54, 1.807) is 18.4 Å². The Labute approximate surface area is 105 Å². The first-order valence-electron chi connectivity index (χ1n) is 5.37. The van der Waals surface area contributed by atoms with E-state index in [4.69, 9.17) is 10.5 Å². The Morgan fingerprint density at radius 1 is 1.35 bits per heavy atom. The van der Waals surface area contributed by atoms with E-state index in [-0.39, 0.29) is 0 Å². The molecule has 0 radical (unpaired) electrons. The largest absolute Gasteiger partial charge is 0.497 e. The third-order valence-corrected chi connectivity index (χ3v) is 3.42. The Morgan fingerprint density at radius 3 is 2.82 bits per heavy atom. The van der Waals surface area contributed by atoms with Gasteiger partial charge in [0.05, 0.1) is 13.7 Å². The van der Waals surface area contributed by atoms with E-state index in [0.29, 0.717) is 0 Å². The molecule has 1 aromatic carbocycles. The average molecular weight is 248 g/mol. The highest BCUT2D eigenvalue weighted by atomic mass is 32.1. The number of nitrogen functional groups attached to an aromatic ring is 1. The molecule has 4 heteroatoms. The van der Waals surface area contributed by atoms with Gasteiger partial charge in [0.2, 0.25) is 0 Å². The summed E-state index contributed by atoms with van der Waals surface area (Å²) in [7, 11) is 3.70. The monoisotopic (exact) mass is 248 g/mol. The van der Waals surface area contributed by atoms with Crippen LogP contribution < -0.4 is 15.4 Å². The van der Waals surface area contributed by atoms with Crippen molar-refractivity contribution in [2.75, 3.05) is 24.8 Å². The summed E-state index contributed by atoms with van der Waals surface area (Å²) in [6.07, 6.45) is 0. The van der Waals surface area contributed by atoms with Gasteiger partial charge in [-0.05, 0) is 17.5 Å². The Balaban J connectivity index is 2.18. The zero-order valence-electron chi connectivity index (χ0n) is 10.0. The fraction of sp³-hybridized carbons (Fsp3) is 0.231. The molecule has 0 atom stereocenters. The molecular weight excluding hydrogens is 232 g/mol. The molecule has 0 aliphatic carbocycles. The minimum Gasteiger partial charge on any atom is -0.497 e. The summed E-state index contributed by atoms with van der Waals surface area (Å²) < 4.78 is 5.22. The lowest BCUT2D eigenvalue weighted by Gasteiger charge is -2.19. The molecule has 1 aromatic heterocycles. The second-order valence-electron chi connectivity index (χ2n) is 3.90. The quantitative estimate of drug-likeness (QED) is 0.845. The van der Waals surface area contributed by atoms with Crippen molar-refractivity contribution in [1.29, 1.82) is 0 Å². The number of thiophene rings is 1. The molecule has 2 rings (SSSR count). The molecule has 0 fully saturated rings. The maximum absolute atomic E-state index is 5.84. The summed E-state index contributed by atoms with van der Waals surface area (Å²) >= 11 is 1.76. The number of nitrogens with two attached hydrogens (primary N) is 1. The number of hydrogen-bond acceptors (Lipinski definition) is 4. The van der Waals surface area contributed by atoms with Gasteiger partial charge in [0.15, 0.2) is 0 Å². The lowest BCUT2D eigenvalue weighted by molar-refractivity contribution is 0.415. The predicted molar refractivity (Wildman–Crippen MR) is 73.8 cm³/mol. The number of hydrogen-bond donors (Lipinski definition) is 1. The summed E-state index contributed by atoms with van der Waals surface area (Å²) in [5.74, 6) is 0.790. The molecule has 0 spiro atoms. The van der Waals surface area contributed by atoms with Gasteiger partial charge in [0.1, 0.15) is 5.75 Å². The highest BCUT2D eigenvalue weighted by Gasteiger charge is 2.05. The van der Waals surface area contributed by atoms with Crippen molar-refractivity contribution in [3.63, 3.8) is 0 Å². The van der Waals surface area contributed by atoms with Crippen molar-refractivity contribution in [3.05, 3.63) is 40.6 Å². The Bertz CT molecular complexity index is 482. The molecule has 2 N–H and O–H groups in total. The van der Waals surface area contributed by atoms with Crippen LogP contribution in [0.1, 0.15) is 4.88 Å². The maximum atomic E-state index is 5.84. The second-order valence-corrected chi connectivity index (χ2v) is 4.93. The van der Waals surface area contributed by atoms with E-state index in [1.165, 1.54) is 4.88 Å². The second kappa shape index (κ2) is 5.10. The van der Waals surface area contributed by atoms with Gasteiger partial charge in [-0.1, -0.05) is 6.07 Å². The van der Waals surface area contributed by atoms with E-state index >= 15 is 0 Å². The summed E-state index contributed by atoms with van der Waals surface area (Å²) in [4.78, 5) is 3.49. The van der Waals surface area contributed by atoms with Crippen LogP contribution >= 0.6 is 11.3 Å². The lowest BCUT2D eigenvalue weighted by atomic mass is 10.2. The first-order valence-corrected chi connectivity index (χ1v) is 6.25. The Kier molecular flexibility index (Phi) is 3.54. The third kappa shape index (κ3) is 2.91. The van der Waals surface area contributed by atoms with Crippen LogP contribution in [-0.4, -0.2) is 14.2 Å². The van der Waals surface area contributed by atoms with Gasteiger partial charge in [0.25, 0.3) is 0 Å². The first-order chi connectivity index (χ1) is 8.19. The number of methoxy groups -OCH3 is 1. The van der Waals surface area contributed by atoms with Crippen molar-refractivity contribution < 1.29 is 4.74 Å². The highest BCUT2D eigenvalue weighted by Crippen LogP contribution is 2.26. The number of ether oxygens (including phenoxy) is 1. The molecule has 2 aromatic rings. The molecular formula is C13H16N2OS. The SMILES string of the molecule is COc1cc(N)cc(N(C)Cc2cccs2)c1. The zero-order valence-corrected chi connectivity index (χ0v) is 10.8. The van der Waals surface area contributed by atoms with Gasteiger partial charge in [-0.3, -0.25) is 0 Å². The summed E-state index contributed by atoms with van der Waals surface area (Å²) in [5, 5.41) is 2.09. The Hall–Kier alpha value is -1.68. The molecule has 90 valence electrons. The molecule has 1 heterocycles. The molecule has 0 aliphatic rings. The van der Waals surface area contributed by atoms with Crippen LogP contribution in [0.2, 0.25) is 0 Å². The fourth-order valence-corrected chi connectivity index (χ4v) is 2.43. The van der Waals surface area contributed by atoms with Gasteiger partial charge in [-0.25, -0.2) is 0 Å². The lowest BCUT2D eigenvalue weighted by Crippen LogP contribution is -2.15. The van der Waals surface area contributed by atoms with Crippen LogP contribution in [0.5, 0.6) is 5.75 Å². The molecule has 0 bridgehead atoms. The van der Waals surface area contributed by atoms with E-state index in [1.807, 2.05) is 25.2 Å². The molecule has 0 saturated carbocycles. The molecule has 3 nitrogen and oxygen atoms in total. The van der Waals surface area contributed by atoms with Crippen LogP contribution in [0.3, 0.4) is 0 Å². The van der Waals surface area contributed by atoms with Gasteiger partial charge in [-0.15, -0.1) is 11.3 Å². The van der Waals surface area contributed by atoms with Gasteiger partial charge in [0, 0.05) is 35.4 Å². The summed E-state index contributed by atoms with van der Waals surface area (Å²) in [6, 6.07) is 9.96. The number of benzene rings is 1. The van der Waals surface area contributed by atoms with Crippen LogP contribution in [-0.2, 0) is 6.54 Å². The van der Waals surface area contributed by atoms with Crippen molar-refractivity contribution in [3.8, 4) is 5.75 Å². The van der Waals surface area contributed by atoms with Crippen molar-refractivity contribution in [1.82, 2.24) is 0 Å². The normalized spacial score (nSPS) is 10.2. The number of anilines is 2. The third-order valence-electron chi connectivity index (χ3n) is 2.56. The molecule has 0 aliphatic heterocycles. The fourth-order valence-electron chi connectivity index (χ4n) is 1.67.